The first-order valence-corrected chi connectivity index (χ1v) is 11.2. The number of hydrogen-bond acceptors (Lipinski definition) is 9. The summed E-state index contributed by atoms with van der Waals surface area (Å²) in [4.78, 5) is 34.9. The summed E-state index contributed by atoms with van der Waals surface area (Å²) in [6, 6.07) is 13.1. The van der Waals surface area contributed by atoms with Crippen LogP contribution in [0.3, 0.4) is 0 Å². The third kappa shape index (κ3) is 5.85. The first-order chi connectivity index (χ1) is 16.9. The molecule has 0 bridgehead atoms. The molecule has 3 aromatic rings. The molecule has 10 nitrogen and oxygen atoms in total. The van der Waals surface area contributed by atoms with Crippen LogP contribution in [0.2, 0.25) is 0 Å². The zero-order chi connectivity index (χ0) is 24.8. The van der Waals surface area contributed by atoms with Crippen molar-refractivity contribution in [3.8, 4) is 5.75 Å². The zero-order valence-electron chi connectivity index (χ0n) is 19.9. The van der Waals surface area contributed by atoms with Crippen molar-refractivity contribution in [3.05, 3.63) is 54.2 Å². The van der Waals surface area contributed by atoms with Gasteiger partial charge >= 0.3 is 0 Å². The van der Waals surface area contributed by atoms with E-state index in [1.165, 1.54) is 20.0 Å². The van der Waals surface area contributed by atoms with E-state index < -0.39 is 0 Å². The number of carbonyl (C=O) groups is 2. The Kier molecular flexibility index (Phi) is 7.41. The minimum Gasteiger partial charge on any atom is -0.494 e. The summed E-state index contributed by atoms with van der Waals surface area (Å²) >= 11 is 0. The Morgan fingerprint density at radius 3 is 2.43 bits per heavy atom. The fourth-order valence-electron chi connectivity index (χ4n) is 3.74. The van der Waals surface area contributed by atoms with Crippen LogP contribution in [0, 0.1) is 0 Å². The first-order valence-electron chi connectivity index (χ1n) is 11.2. The van der Waals surface area contributed by atoms with Crippen molar-refractivity contribution in [1.82, 2.24) is 9.97 Å². The number of nitrogens with one attached hydrogen (secondary N) is 3. The van der Waals surface area contributed by atoms with Crippen LogP contribution in [0.25, 0.3) is 0 Å². The molecule has 1 aliphatic heterocycles. The van der Waals surface area contributed by atoms with Crippen LogP contribution in [0.15, 0.2) is 48.7 Å². The van der Waals surface area contributed by atoms with Gasteiger partial charge in [0.2, 0.25) is 11.9 Å². The van der Waals surface area contributed by atoms with Gasteiger partial charge in [0.25, 0.3) is 0 Å². The van der Waals surface area contributed by atoms with Crippen molar-refractivity contribution in [2.45, 2.75) is 13.8 Å². The molecule has 1 fully saturated rings. The zero-order valence-corrected chi connectivity index (χ0v) is 19.9. The van der Waals surface area contributed by atoms with E-state index in [0.29, 0.717) is 47.4 Å². The standard InChI is InChI=1S/C25H28N6O4/c1-16(32)19-15-26-25(30-24(19)28-21-7-5-4-6-20(21)27-17(2)33)29-22-9-8-18(14-23(22)34-3)31-10-12-35-13-11-31/h4-9,14-15H,10-13H2,1-3H3,(H,27,33)(H2,26,28,29,30). The van der Waals surface area contributed by atoms with Gasteiger partial charge in [-0.05, 0) is 31.2 Å². The summed E-state index contributed by atoms with van der Waals surface area (Å²) in [7, 11) is 1.61. The predicted molar refractivity (Wildman–Crippen MR) is 135 cm³/mol. The summed E-state index contributed by atoms with van der Waals surface area (Å²) in [5, 5.41) is 9.11. The number of ketones is 1. The largest absolute Gasteiger partial charge is 0.494 e. The lowest BCUT2D eigenvalue weighted by atomic mass is 10.2. The molecular formula is C25H28N6O4. The van der Waals surface area contributed by atoms with Gasteiger partial charge in [0.1, 0.15) is 11.6 Å². The Hall–Kier alpha value is -4.18. The summed E-state index contributed by atoms with van der Waals surface area (Å²) in [5.41, 5.74) is 3.22. The molecule has 0 unspecified atom stereocenters. The lowest BCUT2D eigenvalue weighted by Gasteiger charge is -2.29. The highest BCUT2D eigenvalue weighted by molar-refractivity contribution is 6.00. The molecule has 1 aliphatic rings. The van der Waals surface area contributed by atoms with Gasteiger partial charge in [0.15, 0.2) is 5.78 Å². The van der Waals surface area contributed by atoms with Crippen LogP contribution < -0.4 is 25.6 Å². The number of ether oxygens (including phenoxy) is 2. The molecule has 182 valence electrons. The minimum absolute atomic E-state index is 0.191. The topological polar surface area (TPSA) is 118 Å². The van der Waals surface area contributed by atoms with Crippen LogP contribution >= 0.6 is 0 Å². The molecule has 0 spiro atoms. The van der Waals surface area contributed by atoms with Crippen LogP contribution in [0.5, 0.6) is 5.75 Å². The average molecular weight is 477 g/mol. The number of carbonyl (C=O) groups excluding carboxylic acids is 2. The average Bonchev–Trinajstić information content (AvgIpc) is 2.85. The molecule has 1 saturated heterocycles. The Morgan fingerprint density at radius 1 is 1.00 bits per heavy atom. The maximum absolute atomic E-state index is 12.2. The number of para-hydroxylation sites is 2. The second-order valence-electron chi connectivity index (χ2n) is 7.97. The number of amides is 1. The Morgan fingerprint density at radius 2 is 1.74 bits per heavy atom. The predicted octanol–water partition coefficient (Wildman–Crippen LogP) is 3.97. The van der Waals surface area contributed by atoms with E-state index >= 15 is 0 Å². The van der Waals surface area contributed by atoms with E-state index in [2.05, 4.69) is 30.8 Å². The fourth-order valence-corrected chi connectivity index (χ4v) is 3.74. The van der Waals surface area contributed by atoms with E-state index in [0.717, 1.165) is 18.8 Å². The third-order valence-corrected chi connectivity index (χ3v) is 5.47. The van der Waals surface area contributed by atoms with Crippen LogP contribution in [0.4, 0.5) is 34.5 Å². The number of methoxy groups -OCH3 is 1. The van der Waals surface area contributed by atoms with E-state index in [1.807, 2.05) is 30.3 Å². The maximum Gasteiger partial charge on any atom is 0.229 e. The Bertz CT molecular complexity index is 1230. The summed E-state index contributed by atoms with van der Waals surface area (Å²) in [5.74, 6) is 0.842. The number of Topliss-reactive ketones (excluding diaryl/α,β-unsaturated/α-hetero) is 1. The molecule has 0 saturated carbocycles. The van der Waals surface area contributed by atoms with Gasteiger partial charge in [-0.1, -0.05) is 12.1 Å². The smallest absolute Gasteiger partial charge is 0.229 e. The molecule has 0 atom stereocenters. The van der Waals surface area contributed by atoms with Gasteiger partial charge in [0, 0.05) is 38.0 Å². The SMILES string of the molecule is COc1cc(N2CCOCC2)ccc1Nc1ncc(C(C)=O)c(Nc2ccccc2NC(C)=O)n1. The highest BCUT2D eigenvalue weighted by atomic mass is 16.5. The lowest BCUT2D eigenvalue weighted by Crippen LogP contribution is -2.36. The molecule has 35 heavy (non-hydrogen) atoms. The quantitative estimate of drug-likeness (QED) is 0.415. The number of aromatic nitrogens is 2. The molecule has 3 N–H and O–H groups in total. The Labute approximate surface area is 203 Å². The van der Waals surface area contributed by atoms with Gasteiger partial charge in [-0.25, -0.2) is 4.98 Å². The third-order valence-electron chi connectivity index (χ3n) is 5.47. The van der Waals surface area contributed by atoms with Crippen LogP contribution in [0.1, 0.15) is 24.2 Å². The number of benzene rings is 2. The first kappa shape index (κ1) is 24.0. The van der Waals surface area contributed by atoms with Crippen molar-refractivity contribution >= 4 is 46.2 Å². The summed E-state index contributed by atoms with van der Waals surface area (Å²) in [6.07, 6.45) is 1.47. The number of nitrogens with zero attached hydrogens (tertiary/aromatic N) is 3. The number of morpholine rings is 1. The molecule has 2 heterocycles. The van der Waals surface area contributed by atoms with Crippen LogP contribution in [-0.2, 0) is 9.53 Å². The van der Waals surface area contributed by atoms with Gasteiger partial charge in [-0.3, -0.25) is 9.59 Å². The van der Waals surface area contributed by atoms with Gasteiger partial charge in [0.05, 0.1) is 42.9 Å². The molecular weight excluding hydrogens is 448 g/mol. The van der Waals surface area contributed by atoms with E-state index in [-0.39, 0.29) is 17.6 Å². The summed E-state index contributed by atoms with van der Waals surface area (Å²) < 4.78 is 11.0. The highest BCUT2D eigenvalue weighted by Crippen LogP contribution is 2.33. The molecule has 0 radical (unpaired) electrons. The number of anilines is 6. The summed E-state index contributed by atoms with van der Waals surface area (Å²) in [6.45, 7) is 5.91. The van der Waals surface area contributed by atoms with Crippen molar-refractivity contribution in [2.75, 3.05) is 54.3 Å². The van der Waals surface area contributed by atoms with Crippen molar-refractivity contribution in [3.63, 3.8) is 0 Å². The lowest BCUT2D eigenvalue weighted by molar-refractivity contribution is -0.114. The van der Waals surface area contributed by atoms with E-state index in [1.54, 1.807) is 19.2 Å². The highest BCUT2D eigenvalue weighted by Gasteiger charge is 2.17. The van der Waals surface area contributed by atoms with Crippen molar-refractivity contribution in [1.29, 1.82) is 0 Å². The number of hydrogen-bond donors (Lipinski definition) is 3. The van der Waals surface area contributed by atoms with Gasteiger partial charge < -0.3 is 30.3 Å². The second kappa shape index (κ2) is 10.8. The molecule has 10 heteroatoms. The number of rotatable bonds is 8. The van der Waals surface area contributed by atoms with Crippen LogP contribution in [-0.4, -0.2) is 55.1 Å². The molecule has 1 aromatic heterocycles. The molecule has 2 aromatic carbocycles. The second-order valence-corrected chi connectivity index (χ2v) is 7.97. The van der Waals surface area contributed by atoms with Crippen molar-refractivity contribution < 1.29 is 19.1 Å². The van der Waals surface area contributed by atoms with Crippen molar-refractivity contribution in [2.24, 2.45) is 0 Å². The van der Waals surface area contributed by atoms with Gasteiger partial charge in [-0.2, -0.15) is 4.98 Å². The fraction of sp³-hybridized carbons (Fsp3) is 0.280. The minimum atomic E-state index is -0.205. The molecule has 1 amide bonds. The maximum atomic E-state index is 12.2. The Balaban J connectivity index is 1.62. The van der Waals surface area contributed by atoms with E-state index in [9.17, 15) is 9.59 Å². The van der Waals surface area contributed by atoms with Gasteiger partial charge in [-0.15, -0.1) is 0 Å². The monoisotopic (exact) mass is 476 g/mol. The normalized spacial score (nSPS) is 13.2. The molecule has 4 rings (SSSR count). The molecule has 0 aliphatic carbocycles. The van der Waals surface area contributed by atoms with E-state index in [4.69, 9.17) is 9.47 Å².